The van der Waals surface area contributed by atoms with Crippen LogP contribution in [0.4, 0.5) is 10.1 Å². The number of carbonyl (C=O) groups is 2. The Morgan fingerprint density at radius 1 is 1.00 bits per heavy atom. The van der Waals surface area contributed by atoms with Crippen molar-refractivity contribution in [2.24, 2.45) is 0 Å². The number of nitrogens with zero attached hydrogens (tertiary/aromatic N) is 3. The minimum atomic E-state index is -0.252. The van der Waals surface area contributed by atoms with Gasteiger partial charge in [0, 0.05) is 44.6 Å². The van der Waals surface area contributed by atoms with Gasteiger partial charge in [0.25, 0.3) is 11.8 Å². The summed E-state index contributed by atoms with van der Waals surface area (Å²) < 4.78 is 14.0. The first-order valence-electron chi connectivity index (χ1n) is 10.2. The lowest BCUT2D eigenvalue weighted by atomic mass is 10.1. The van der Waals surface area contributed by atoms with Crippen LogP contribution in [0.15, 0.2) is 42.7 Å². The molecule has 1 aliphatic carbocycles. The Morgan fingerprint density at radius 3 is 2.41 bits per heavy atom. The number of hydrogen-bond acceptors (Lipinski definition) is 4. The highest BCUT2D eigenvalue weighted by Gasteiger charge is 2.25. The van der Waals surface area contributed by atoms with E-state index in [1.54, 1.807) is 23.1 Å². The summed E-state index contributed by atoms with van der Waals surface area (Å²) in [6.45, 7) is 2.10. The van der Waals surface area contributed by atoms with Gasteiger partial charge in [-0.25, -0.2) is 4.39 Å². The van der Waals surface area contributed by atoms with E-state index in [9.17, 15) is 14.0 Å². The molecule has 0 unspecified atom stereocenters. The van der Waals surface area contributed by atoms with Gasteiger partial charge in [-0.2, -0.15) is 0 Å². The lowest BCUT2D eigenvalue weighted by molar-refractivity contribution is 0.0746. The molecule has 1 N–H and O–H groups in total. The second-order valence-corrected chi connectivity index (χ2v) is 7.65. The molecular formula is C22H25FN4O2. The molecule has 1 aromatic carbocycles. The fourth-order valence-electron chi connectivity index (χ4n) is 4.06. The molecule has 7 heteroatoms. The second-order valence-electron chi connectivity index (χ2n) is 7.65. The number of amides is 2. The Balaban J connectivity index is 1.38. The minimum Gasteiger partial charge on any atom is -0.366 e. The summed E-state index contributed by atoms with van der Waals surface area (Å²) in [5.74, 6) is -0.581. The van der Waals surface area contributed by atoms with E-state index in [0.717, 1.165) is 25.7 Å². The van der Waals surface area contributed by atoms with Gasteiger partial charge in [-0.3, -0.25) is 14.6 Å². The number of carbonyl (C=O) groups excluding carboxylic acids is 2. The van der Waals surface area contributed by atoms with E-state index in [0.29, 0.717) is 43.0 Å². The van der Waals surface area contributed by atoms with Crippen molar-refractivity contribution in [3.05, 3.63) is 59.7 Å². The van der Waals surface area contributed by atoms with E-state index in [4.69, 9.17) is 0 Å². The molecule has 2 aromatic rings. The number of hydrogen-bond donors (Lipinski definition) is 1. The summed E-state index contributed by atoms with van der Waals surface area (Å²) in [7, 11) is 0. The van der Waals surface area contributed by atoms with Gasteiger partial charge in [0.2, 0.25) is 0 Å². The van der Waals surface area contributed by atoms with E-state index in [2.05, 4.69) is 10.3 Å². The number of para-hydroxylation sites is 1. The highest BCUT2D eigenvalue weighted by molar-refractivity contribution is 5.99. The van der Waals surface area contributed by atoms with Gasteiger partial charge in [0.15, 0.2) is 0 Å². The first-order valence-corrected chi connectivity index (χ1v) is 10.2. The van der Waals surface area contributed by atoms with Gasteiger partial charge < -0.3 is 15.1 Å². The predicted molar refractivity (Wildman–Crippen MR) is 108 cm³/mol. The molecule has 2 amide bonds. The van der Waals surface area contributed by atoms with E-state index in [1.807, 2.05) is 11.0 Å². The summed E-state index contributed by atoms with van der Waals surface area (Å²) >= 11 is 0. The molecule has 2 fully saturated rings. The van der Waals surface area contributed by atoms with Crippen LogP contribution in [0.25, 0.3) is 0 Å². The Bertz CT molecular complexity index is 890. The topological polar surface area (TPSA) is 65.5 Å². The normalized spacial score (nSPS) is 17.4. The lowest BCUT2D eigenvalue weighted by Gasteiger charge is -2.36. The largest absolute Gasteiger partial charge is 0.366 e. The molecule has 29 heavy (non-hydrogen) atoms. The van der Waals surface area contributed by atoms with E-state index >= 15 is 0 Å². The van der Waals surface area contributed by atoms with Gasteiger partial charge >= 0.3 is 0 Å². The van der Waals surface area contributed by atoms with Gasteiger partial charge in [-0.15, -0.1) is 0 Å². The van der Waals surface area contributed by atoms with Crippen molar-refractivity contribution in [2.45, 2.75) is 31.7 Å². The average molecular weight is 396 g/mol. The molecule has 0 spiro atoms. The van der Waals surface area contributed by atoms with Crippen LogP contribution in [0.5, 0.6) is 0 Å². The number of rotatable bonds is 4. The number of piperazine rings is 1. The monoisotopic (exact) mass is 396 g/mol. The third-order valence-electron chi connectivity index (χ3n) is 5.70. The Labute approximate surface area is 169 Å². The molecule has 1 aliphatic heterocycles. The molecule has 1 aromatic heterocycles. The van der Waals surface area contributed by atoms with Crippen LogP contribution < -0.4 is 10.2 Å². The van der Waals surface area contributed by atoms with Gasteiger partial charge in [-0.05, 0) is 31.0 Å². The molecule has 2 aliphatic rings. The molecule has 2 heterocycles. The maximum atomic E-state index is 14.0. The second kappa shape index (κ2) is 8.59. The number of pyridine rings is 1. The molecule has 4 rings (SSSR count). The Morgan fingerprint density at radius 2 is 1.69 bits per heavy atom. The average Bonchev–Trinajstić information content (AvgIpc) is 3.27. The van der Waals surface area contributed by atoms with Crippen LogP contribution in [0.3, 0.4) is 0 Å². The number of benzene rings is 1. The van der Waals surface area contributed by atoms with Gasteiger partial charge in [-0.1, -0.05) is 25.0 Å². The number of nitrogens with one attached hydrogen (secondary N) is 1. The SMILES string of the molecule is O=C(NC1CCCC1)c1cncc(C(=O)N2CCN(c3ccccc3F)CC2)c1. The van der Waals surface area contributed by atoms with E-state index < -0.39 is 0 Å². The summed E-state index contributed by atoms with van der Waals surface area (Å²) in [5.41, 5.74) is 1.38. The number of halogens is 1. The molecule has 0 radical (unpaired) electrons. The summed E-state index contributed by atoms with van der Waals surface area (Å²) in [4.78, 5) is 33.1. The molecule has 0 atom stereocenters. The van der Waals surface area contributed by atoms with Crippen LogP contribution in [0.2, 0.25) is 0 Å². The van der Waals surface area contributed by atoms with Crippen LogP contribution in [-0.4, -0.2) is 53.9 Å². The van der Waals surface area contributed by atoms with Gasteiger partial charge in [0.05, 0.1) is 16.8 Å². The van der Waals surface area contributed by atoms with Crippen LogP contribution in [-0.2, 0) is 0 Å². The van der Waals surface area contributed by atoms with Crippen molar-refractivity contribution in [3.8, 4) is 0 Å². The third-order valence-corrected chi connectivity index (χ3v) is 5.70. The van der Waals surface area contributed by atoms with Crippen LogP contribution in [0, 0.1) is 5.82 Å². The van der Waals surface area contributed by atoms with Crippen molar-refractivity contribution in [3.63, 3.8) is 0 Å². The molecular weight excluding hydrogens is 371 g/mol. The maximum absolute atomic E-state index is 14.0. The molecule has 1 saturated carbocycles. The summed E-state index contributed by atoms with van der Waals surface area (Å²) in [6, 6.07) is 8.51. The smallest absolute Gasteiger partial charge is 0.255 e. The highest BCUT2D eigenvalue weighted by Crippen LogP contribution is 2.21. The quantitative estimate of drug-likeness (QED) is 0.863. The fourth-order valence-corrected chi connectivity index (χ4v) is 4.06. The zero-order valence-corrected chi connectivity index (χ0v) is 16.3. The highest BCUT2D eigenvalue weighted by atomic mass is 19.1. The predicted octanol–water partition coefficient (Wildman–Crippen LogP) is 2.86. The van der Waals surface area contributed by atoms with E-state index in [1.165, 1.54) is 18.5 Å². The number of aromatic nitrogens is 1. The molecule has 1 saturated heterocycles. The molecule has 152 valence electrons. The standard InChI is InChI=1S/C22H25FN4O2/c23-19-7-3-4-8-20(19)26-9-11-27(12-10-26)22(29)17-13-16(14-24-15-17)21(28)25-18-5-1-2-6-18/h3-4,7-8,13-15,18H,1-2,5-6,9-12H2,(H,25,28). The lowest BCUT2D eigenvalue weighted by Crippen LogP contribution is -2.49. The zero-order valence-electron chi connectivity index (χ0n) is 16.3. The van der Waals surface area contributed by atoms with E-state index in [-0.39, 0.29) is 23.7 Å². The van der Waals surface area contributed by atoms with Crippen molar-refractivity contribution >= 4 is 17.5 Å². The first kappa shape index (κ1) is 19.4. The number of anilines is 1. The fraction of sp³-hybridized carbons (Fsp3) is 0.409. The summed E-state index contributed by atoms with van der Waals surface area (Å²) in [6.07, 6.45) is 7.28. The minimum absolute atomic E-state index is 0.152. The maximum Gasteiger partial charge on any atom is 0.255 e. The van der Waals surface area contributed by atoms with Crippen molar-refractivity contribution in [2.75, 3.05) is 31.1 Å². The van der Waals surface area contributed by atoms with Crippen molar-refractivity contribution in [1.82, 2.24) is 15.2 Å². The van der Waals surface area contributed by atoms with Crippen molar-refractivity contribution in [1.29, 1.82) is 0 Å². The summed E-state index contributed by atoms with van der Waals surface area (Å²) in [5, 5.41) is 3.02. The Hall–Kier alpha value is -2.96. The van der Waals surface area contributed by atoms with Gasteiger partial charge in [0.1, 0.15) is 5.82 Å². The zero-order chi connectivity index (χ0) is 20.2. The Kier molecular flexibility index (Phi) is 5.74. The van der Waals surface area contributed by atoms with Crippen LogP contribution >= 0.6 is 0 Å². The molecule has 6 nitrogen and oxygen atoms in total. The van der Waals surface area contributed by atoms with Crippen LogP contribution in [0.1, 0.15) is 46.4 Å². The molecule has 0 bridgehead atoms. The third kappa shape index (κ3) is 4.39. The van der Waals surface area contributed by atoms with Crippen molar-refractivity contribution < 1.29 is 14.0 Å². The first-order chi connectivity index (χ1) is 14.1.